The minimum absolute atomic E-state index is 0.0914. The first-order valence-electron chi connectivity index (χ1n) is 11.3. The lowest BCUT2D eigenvalue weighted by Crippen LogP contribution is -2.34. The van der Waals surface area contributed by atoms with Gasteiger partial charge >= 0.3 is 0 Å². The zero-order valence-corrected chi connectivity index (χ0v) is 20.4. The van der Waals surface area contributed by atoms with Crippen LogP contribution in [0.25, 0.3) is 10.9 Å². The van der Waals surface area contributed by atoms with E-state index in [1.165, 1.54) is 11.1 Å². The summed E-state index contributed by atoms with van der Waals surface area (Å²) in [4.78, 5) is 19.3. The van der Waals surface area contributed by atoms with Gasteiger partial charge in [-0.25, -0.2) is 4.98 Å². The van der Waals surface area contributed by atoms with Gasteiger partial charge in [0.05, 0.1) is 11.9 Å². The lowest BCUT2D eigenvalue weighted by atomic mass is 9.86. The van der Waals surface area contributed by atoms with E-state index in [0.717, 1.165) is 53.6 Å². The molecule has 1 aliphatic carbocycles. The lowest BCUT2D eigenvalue weighted by molar-refractivity contribution is -0.120. The molecule has 6 heteroatoms. The van der Waals surface area contributed by atoms with E-state index in [4.69, 9.17) is 4.98 Å². The predicted octanol–water partition coefficient (Wildman–Crippen LogP) is 5.39. The molecule has 2 aromatic carbocycles. The molecule has 1 heterocycles. The molecule has 1 saturated carbocycles. The molecule has 1 aliphatic rings. The molecule has 0 saturated heterocycles. The van der Waals surface area contributed by atoms with E-state index in [0.29, 0.717) is 18.4 Å². The Morgan fingerprint density at radius 1 is 1.06 bits per heavy atom. The second-order valence-corrected chi connectivity index (χ2v) is 9.73. The van der Waals surface area contributed by atoms with Crippen molar-refractivity contribution in [3.63, 3.8) is 0 Å². The standard InChI is InChI=1S/C26H31BrN4O/c1-31(2)24-16-25(30-23-10-6-4-8-21(23)24)29-20-13-11-18(12-14-20)17-28-26(32)15-19-7-3-5-9-22(19)27/h3-10,16,18,20H,11-15,17H2,1-2H3,(H,28,32)(H,29,30)/t18-,20+. The predicted molar refractivity (Wildman–Crippen MR) is 136 cm³/mol. The molecule has 4 rings (SSSR count). The zero-order valence-electron chi connectivity index (χ0n) is 18.8. The quantitative estimate of drug-likeness (QED) is 0.462. The van der Waals surface area contributed by atoms with Gasteiger partial charge in [-0.15, -0.1) is 0 Å². The number of hydrogen-bond acceptors (Lipinski definition) is 4. The maximum Gasteiger partial charge on any atom is 0.224 e. The summed E-state index contributed by atoms with van der Waals surface area (Å²) in [5, 5.41) is 7.97. The van der Waals surface area contributed by atoms with Crippen LogP contribution >= 0.6 is 15.9 Å². The van der Waals surface area contributed by atoms with Crippen LogP contribution < -0.4 is 15.5 Å². The number of benzene rings is 2. The molecule has 168 valence electrons. The highest BCUT2D eigenvalue weighted by Crippen LogP contribution is 2.30. The highest BCUT2D eigenvalue weighted by molar-refractivity contribution is 9.10. The molecule has 0 bridgehead atoms. The fourth-order valence-electron chi connectivity index (χ4n) is 4.46. The number of nitrogens with one attached hydrogen (secondary N) is 2. The zero-order chi connectivity index (χ0) is 22.5. The molecule has 0 spiro atoms. The van der Waals surface area contributed by atoms with E-state index >= 15 is 0 Å². The van der Waals surface area contributed by atoms with Crippen LogP contribution in [-0.4, -0.2) is 37.6 Å². The Balaban J connectivity index is 1.28. The van der Waals surface area contributed by atoms with E-state index in [2.05, 4.69) is 69.8 Å². The average molecular weight is 495 g/mol. The Labute approximate surface area is 198 Å². The highest BCUT2D eigenvalue weighted by Gasteiger charge is 2.22. The largest absolute Gasteiger partial charge is 0.377 e. The Bertz CT molecular complexity index is 1080. The summed E-state index contributed by atoms with van der Waals surface area (Å²) >= 11 is 3.52. The normalized spacial score (nSPS) is 18.3. The Kier molecular flexibility index (Phi) is 7.30. The summed E-state index contributed by atoms with van der Waals surface area (Å²) in [6.45, 7) is 0.759. The number of carbonyl (C=O) groups excluding carboxylic acids is 1. The van der Waals surface area contributed by atoms with Crippen molar-refractivity contribution in [1.29, 1.82) is 0 Å². The average Bonchev–Trinajstić information content (AvgIpc) is 2.79. The fourth-order valence-corrected chi connectivity index (χ4v) is 4.88. The lowest BCUT2D eigenvalue weighted by Gasteiger charge is -2.30. The van der Waals surface area contributed by atoms with Gasteiger partial charge in [-0.3, -0.25) is 4.79 Å². The molecule has 3 aromatic rings. The van der Waals surface area contributed by atoms with Crippen LogP contribution in [0.2, 0.25) is 0 Å². The monoisotopic (exact) mass is 494 g/mol. The van der Waals surface area contributed by atoms with Crippen LogP contribution in [0.1, 0.15) is 31.2 Å². The second kappa shape index (κ2) is 10.3. The van der Waals surface area contributed by atoms with Crippen molar-refractivity contribution in [1.82, 2.24) is 10.3 Å². The molecule has 0 aliphatic heterocycles. The van der Waals surface area contributed by atoms with E-state index < -0.39 is 0 Å². The fraction of sp³-hybridized carbons (Fsp3) is 0.385. The molecule has 1 fully saturated rings. The third kappa shape index (κ3) is 5.60. The maximum absolute atomic E-state index is 12.4. The van der Waals surface area contributed by atoms with Gasteiger partial charge < -0.3 is 15.5 Å². The van der Waals surface area contributed by atoms with Crippen LogP contribution in [0.5, 0.6) is 0 Å². The van der Waals surface area contributed by atoms with Crippen molar-refractivity contribution in [3.05, 3.63) is 64.6 Å². The highest BCUT2D eigenvalue weighted by atomic mass is 79.9. The summed E-state index contributed by atoms with van der Waals surface area (Å²) in [5.41, 5.74) is 3.22. The molecule has 1 amide bonds. The van der Waals surface area contributed by atoms with Gasteiger partial charge in [-0.1, -0.05) is 52.3 Å². The van der Waals surface area contributed by atoms with Crippen molar-refractivity contribution in [2.45, 2.75) is 38.1 Å². The first kappa shape index (κ1) is 22.6. The first-order chi connectivity index (χ1) is 15.5. The Morgan fingerprint density at radius 3 is 2.53 bits per heavy atom. The maximum atomic E-state index is 12.4. The van der Waals surface area contributed by atoms with Crippen LogP contribution in [0.3, 0.4) is 0 Å². The number of halogens is 1. The molecule has 0 radical (unpaired) electrons. The van der Waals surface area contributed by atoms with Crippen molar-refractivity contribution in [2.75, 3.05) is 30.9 Å². The smallest absolute Gasteiger partial charge is 0.224 e. The topological polar surface area (TPSA) is 57.3 Å². The van der Waals surface area contributed by atoms with Gasteiger partial charge in [0.15, 0.2) is 0 Å². The molecular formula is C26H31BrN4O. The van der Waals surface area contributed by atoms with Crippen molar-refractivity contribution >= 4 is 44.2 Å². The van der Waals surface area contributed by atoms with E-state index in [9.17, 15) is 4.79 Å². The second-order valence-electron chi connectivity index (χ2n) is 8.87. The minimum Gasteiger partial charge on any atom is -0.377 e. The van der Waals surface area contributed by atoms with Crippen LogP contribution in [0.15, 0.2) is 59.1 Å². The number of carbonyl (C=O) groups is 1. The summed E-state index contributed by atoms with van der Waals surface area (Å²) in [6, 6.07) is 18.8. The number of para-hydroxylation sites is 1. The number of anilines is 2. The number of hydrogen-bond donors (Lipinski definition) is 2. The van der Waals surface area contributed by atoms with Gasteiger partial charge in [0.1, 0.15) is 5.82 Å². The van der Waals surface area contributed by atoms with Gasteiger partial charge in [-0.2, -0.15) is 0 Å². The Hall–Kier alpha value is -2.60. The van der Waals surface area contributed by atoms with Crippen molar-refractivity contribution in [3.8, 4) is 0 Å². The molecule has 0 unspecified atom stereocenters. The van der Waals surface area contributed by atoms with Crippen LogP contribution in [0.4, 0.5) is 11.5 Å². The Morgan fingerprint density at radius 2 is 1.78 bits per heavy atom. The third-order valence-corrected chi connectivity index (χ3v) is 7.05. The van der Waals surface area contributed by atoms with Gasteiger partial charge in [0, 0.05) is 48.3 Å². The van der Waals surface area contributed by atoms with Crippen molar-refractivity contribution < 1.29 is 4.79 Å². The molecule has 5 nitrogen and oxygen atoms in total. The third-order valence-electron chi connectivity index (χ3n) is 6.27. The van der Waals surface area contributed by atoms with E-state index in [-0.39, 0.29) is 5.91 Å². The molecule has 2 N–H and O–H groups in total. The molecule has 1 aromatic heterocycles. The molecule has 32 heavy (non-hydrogen) atoms. The minimum atomic E-state index is 0.0914. The van der Waals surface area contributed by atoms with Gasteiger partial charge in [0.25, 0.3) is 0 Å². The van der Waals surface area contributed by atoms with E-state index in [1.807, 2.05) is 30.3 Å². The van der Waals surface area contributed by atoms with E-state index in [1.54, 1.807) is 0 Å². The number of nitrogens with zero attached hydrogens (tertiary/aromatic N) is 2. The SMILES string of the molecule is CN(C)c1cc(N[C@H]2CC[C@@H](CNC(=O)Cc3ccccc3Br)CC2)nc2ccccc12. The number of amides is 1. The number of fused-ring (bicyclic) bond motifs is 1. The van der Waals surface area contributed by atoms with Gasteiger partial charge in [0.2, 0.25) is 5.91 Å². The van der Waals surface area contributed by atoms with Crippen LogP contribution in [0, 0.1) is 5.92 Å². The number of pyridine rings is 1. The summed E-state index contributed by atoms with van der Waals surface area (Å²) in [6.07, 6.45) is 4.83. The van der Waals surface area contributed by atoms with Crippen LogP contribution in [-0.2, 0) is 11.2 Å². The molecular weight excluding hydrogens is 464 g/mol. The summed E-state index contributed by atoms with van der Waals surface area (Å²) < 4.78 is 0.987. The van der Waals surface area contributed by atoms with Crippen molar-refractivity contribution in [2.24, 2.45) is 5.92 Å². The number of aromatic nitrogens is 1. The van der Waals surface area contributed by atoms with Gasteiger partial charge in [-0.05, 0) is 49.3 Å². The number of rotatable bonds is 7. The summed E-state index contributed by atoms with van der Waals surface area (Å²) in [7, 11) is 4.14. The summed E-state index contributed by atoms with van der Waals surface area (Å²) in [5.74, 6) is 1.57. The first-order valence-corrected chi connectivity index (χ1v) is 12.1. The molecule has 0 atom stereocenters.